The van der Waals surface area contributed by atoms with Crippen LogP contribution in [0, 0.1) is 10.1 Å². The van der Waals surface area contributed by atoms with E-state index < -0.39 is 16.2 Å². The maximum absolute atomic E-state index is 13.3. The summed E-state index contributed by atoms with van der Waals surface area (Å²) >= 11 is 3.50. The molecule has 0 saturated heterocycles. The molecule has 176 valence electrons. The highest BCUT2D eigenvalue weighted by atomic mass is 79.9. The van der Waals surface area contributed by atoms with Gasteiger partial charge in [-0.25, -0.2) is 4.79 Å². The number of nitrogens with zero attached hydrogens (tertiary/aromatic N) is 5. The Balaban J connectivity index is 2.10. The molecule has 0 radical (unpaired) electrons. The molecule has 2 aromatic heterocycles. The molecule has 34 heavy (non-hydrogen) atoms. The fourth-order valence-corrected chi connectivity index (χ4v) is 4.66. The van der Waals surface area contributed by atoms with Crippen LogP contribution in [0.5, 0.6) is 0 Å². The van der Waals surface area contributed by atoms with E-state index in [4.69, 9.17) is 0 Å². The number of aromatic nitrogens is 3. The van der Waals surface area contributed by atoms with Crippen molar-refractivity contribution in [1.82, 2.24) is 13.7 Å². The zero-order valence-electron chi connectivity index (χ0n) is 19.3. The van der Waals surface area contributed by atoms with Crippen LogP contribution in [-0.2, 0) is 14.1 Å². The quantitative estimate of drug-likeness (QED) is 0.277. The van der Waals surface area contributed by atoms with Gasteiger partial charge in [0.2, 0.25) is 0 Å². The van der Waals surface area contributed by atoms with E-state index in [0.717, 1.165) is 29.0 Å². The summed E-state index contributed by atoms with van der Waals surface area (Å²) in [6.45, 7) is 5.91. The van der Waals surface area contributed by atoms with Gasteiger partial charge in [0.1, 0.15) is 0 Å². The van der Waals surface area contributed by atoms with Crippen molar-refractivity contribution in [2.24, 2.45) is 14.1 Å². The van der Waals surface area contributed by atoms with Crippen LogP contribution >= 0.6 is 15.9 Å². The van der Waals surface area contributed by atoms with E-state index in [-0.39, 0.29) is 5.69 Å². The molecule has 0 N–H and O–H groups in total. The van der Waals surface area contributed by atoms with E-state index in [1.165, 1.54) is 23.7 Å². The number of hydrogen-bond donors (Lipinski definition) is 0. The number of nitro groups is 1. The number of rotatable bonds is 6. The van der Waals surface area contributed by atoms with Crippen LogP contribution in [0.2, 0.25) is 0 Å². The molecule has 4 rings (SSSR count). The molecule has 4 aromatic rings. The predicted octanol–water partition coefficient (Wildman–Crippen LogP) is 4.21. The Labute approximate surface area is 203 Å². The summed E-state index contributed by atoms with van der Waals surface area (Å²) in [5.41, 5.74) is 2.19. The molecule has 0 unspecified atom stereocenters. The van der Waals surface area contributed by atoms with Crippen molar-refractivity contribution in [3.8, 4) is 16.9 Å². The Morgan fingerprint density at radius 1 is 1.00 bits per heavy atom. The van der Waals surface area contributed by atoms with Crippen LogP contribution in [0.4, 0.5) is 11.4 Å². The standard InChI is InChI=1S/C24H24BrN5O4/c1-5-28(6-2)15-7-9-16(10-8-15)29-14-20-21(23(31)27(4)24(32)26(20)3)22(29)18-13-17(30(33)34)11-12-19(18)25/h7-14H,5-6H2,1-4H3. The number of anilines is 1. The molecule has 0 spiro atoms. The minimum absolute atomic E-state index is 0.0994. The summed E-state index contributed by atoms with van der Waals surface area (Å²) in [7, 11) is 3.02. The summed E-state index contributed by atoms with van der Waals surface area (Å²) in [6, 6.07) is 12.3. The maximum atomic E-state index is 13.3. The second-order valence-electron chi connectivity index (χ2n) is 7.92. The smallest absolute Gasteiger partial charge is 0.330 e. The van der Waals surface area contributed by atoms with Crippen molar-refractivity contribution in [3.63, 3.8) is 0 Å². The fraction of sp³-hybridized carbons (Fsp3) is 0.250. The van der Waals surface area contributed by atoms with E-state index in [2.05, 4.69) is 34.7 Å². The van der Waals surface area contributed by atoms with Gasteiger partial charge in [0.15, 0.2) is 0 Å². The lowest BCUT2D eigenvalue weighted by atomic mass is 10.1. The highest BCUT2D eigenvalue weighted by Gasteiger charge is 2.23. The zero-order valence-corrected chi connectivity index (χ0v) is 20.9. The molecule has 0 atom stereocenters. The molecule has 2 aromatic carbocycles. The lowest BCUT2D eigenvalue weighted by Crippen LogP contribution is -2.36. The second-order valence-corrected chi connectivity index (χ2v) is 8.78. The van der Waals surface area contributed by atoms with E-state index in [1.54, 1.807) is 23.9 Å². The Bertz CT molecular complexity index is 1530. The number of nitro benzene ring substituents is 1. The van der Waals surface area contributed by atoms with Crippen molar-refractivity contribution in [2.75, 3.05) is 18.0 Å². The summed E-state index contributed by atoms with van der Waals surface area (Å²) in [4.78, 5) is 39.1. The molecule has 0 aliphatic heterocycles. The molecule has 0 amide bonds. The molecule has 10 heteroatoms. The molecule has 0 aliphatic carbocycles. The maximum Gasteiger partial charge on any atom is 0.330 e. The van der Waals surface area contributed by atoms with Crippen LogP contribution in [0.15, 0.2) is 62.7 Å². The highest BCUT2D eigenvalue weighted by molar-refractivity contribution is 9.10. The van der Waals surface area contributed by atoms with Crippen LogP contribution in [0.3, 0.4) is 0 Å². The third-order valence-electron chi connectivity index (χ3n) is 6.11. The van der Waals surface area contributed by atoms with Gasteiger partial charge in [-0.05, 0) is 44.2 Å². The number of fused-ring (bicyclic) bond motifs is 1. The highest BCUT2D eigenvalue weighted by Crippen LogP contribution is 2.37. The van der Waals surface area contributed by atoms with Crippen molar-refractivity contribution in [2.45, 2.75) is 13.8 Å². The minimum Gasteiger partial charge on any atom is -0.372 e. The molecule has 0 saturated carbocycles. The van der Waals surface area contributed by atoms with Crippen molar-refractivity contribution in [1.29, 1.82) is 0 Å². The predicted molar refractivity (Wildman–Crippen MR) is 137 cm³/mol. The number of hydrogen-bond acceptors (Lipinski definition) is 5. The van der Waals surface area contributed by atoms with Gasteiger partial charge < -0.3 is 9.47 Å². The normalized spacial score (nSPS) is 11.2. The monoisotopic (exact) mass is 525 g/mol. The Morgan fingerprint density at radius 2 is 1.65 bits per heavy atom. The molecule has 9 nitrogen and oxygen atoms in total. The third-order valence-corrected chi connectivity index (χ3v) is 6.80. The second kappa shape index (κ2) is 8.94. The summed E-state index contributed by atoms with van der Waals surface area (Å²) in [6.07, 6.45) is 1.73. The first-order chi connectivity index (χ1) is 16.2. The van der Waals surface area contributed by atoms with Gasteiger partial charge in [-0.3, -0.25) is 24.0 Å². The Hall–Kier alpha value is -3.66. The van der Waals surface area contributed by atoms with Crippen LogP contribution in [0.1, 0.15) is 13.8 Å². The fourth-order valence-electron chi connectivity index (χ4n) is 4.23. The number of aryl methyl sites for hydroxylation is 1. The average Bonchev–Trinajstić information content (AvgIpc) is 3.23. The Morgan fingerprint density at radius 3 is 2.24 bits per heavy atom. The lowest BCUT2D eigenvalue weighted by Gasteiger charge is -2.21. The van der Waals surface area contributed by atoms with E-state index in [1.807, 2.05) is 24.3 Å². The van der Waals surface area contributed by atoms with Gasteiger partial charge in [-0.1, -0.05) is 15.9 Å². The van der Waals surface area contributed by atoms with Gasteiger partial charge in [0, 0.05) is 66.9 Å². The molecular formula is C24H24BrN5O4. The van der Waals surface area contributed by atoms with Crippen LogP contribution in [0.25, 0.3) is 27.8 Å². The van der Waals surface area contributed by atoms with E-state index in [0.29, 0.717) is 26.6 Å². The van der Waals surface area contributed by atoms with Crippen molar-refractivity contribution < 1.29 is 4.92 Å². The SMILES string of the molecule is CCN(CC)c1ccc(-n2cc3c(c2-c2cc([N+](=O)[O-])ccc2Br)c(=O)n(C)c(=O)n3C)cc1. The zero-order chi connectivity index (χ0) is 24.7. The third kappa shape index (κ3) is 3.73. The largest absolute Gasteiger partial charge is 0.372 e. The van der Waals surface area contributed by atoms with Gasteiger partial charge in [-0.15, -0.1) is 0 Å². The Kier molecular flexibility index (Phi) is 6.18. The molecule has 0 aliphatic rings. The minimum atomic E-state index is -0.474. The van der Waals surface area contributed by atoms with E-state index in [9.17, 15) is 19.7 Å². The number of halogens is 1. The molecule has 2 heterocycles. The van der Waals surface area contributed by atoms with Gasteiger partial charge in [-0.2, -0.15) is 0 Å². The van der Waals surface area contributed by atoms with Gasteiger partial charge >= 0.3 is 5.69 Å². The summed E-state index contributed by atoms with van der Waals surface area (Å²) in [5.74, 6) is 0. The molecular weight excluding hydrogens is 502 g/mol. The van der Waals surface area contributed by atoms with Gasteiger partial charge in [0.05, 0.1) is 21.5 Å². The van der Waals surface area contributed by atoms with Crippen LogP contribution in [-0.4, -0.2) is 31.7 Å². The van der Waals surface area contributed by atoms with E-state index >= 15 is 0 Å². The number of benzene rings is 2. The lowest BCUT2D eigenvalue weighted by molar-refractivity contribution is -0.384. The number of non-ortho nitro benzene ring substituents is 1. The van der Waals surface area contributed by atoms with Crippen LogP contribution < -0.4 is 16.1 Å². The first kappa shape index (κ1) is 23.5. The van der Waals surface area contributed by atoms with Gasteiger partial charge in [0.25, 0.3) is 11.2 Å². The molecule has 0 fully saturated rings. The van der Waals surface area contributed by atoms with Crippen molar-refractivity contribution >= 4 is 38.2 Å². The average molecular weight is 526 g/mol. The first-order valence-corrected chi connectivity index (χ1v) is 11.6. The summed E-state index contributed by atoms with van der Waals surface area (Å²) < 4.78 is 4.86. The van der Waals surface area contributed by atoms with Crippen molar-refractivity contribution in [3.05, 3.63) is 84.1 Å². The molecule has 0 bridgehead atoms. The topological polar surface area (TPSA) is 95.3 Å². The summed E-state index contributed by atoms with van der Waals surface area (Å²) in [5, 5.41) is 11.8. The first-order valence-electron chi connectivity index (χ1n) is 10.8.